The van der Waals surface area contributed by atoms with E-state index in [1.54, 1.807) is 7.11 Å². The van der Waals surface area contributed by atoms with Crippen LogP contribution in [0.25, 0.3) is 0 Å². The Kier molecular flexibility index (Phi) is 2.70. The van der Waals surface area contributed by atoms with E-state index in [4.69, 9.17) is 18.9 Å². The zero-order valence-electron chi connectivity index (χ0n) is 11.1. The molecule has 1 aliphatic carbocycles. The highest BCUT2D eigenvalue weighted by molar-refractivity contribution is 5.78. The number of hydrogen-bond acceptors (Lipinski definition) is 5. The highest BCUT2D eigenvalue weighted by atomic mass is 16.8. The first-order valence-electron chi connectivity index (χ1n) is 6.59. The van der Waals surface area contributed by atoms with Crippen LogP contribution in [-0.4, -0.2) is 42.8 Å². The van der Waals surface area contributed by atoms with E-state index in [-0.39, 0.29) is 18.2 Å². The van der Waals surface area contributed by atoms with Crippen molar-refractivity contribution in [3.05, 3.63) is 0 Å². The van der Waals surface area contributed by atoms with Gasteiger partial charge in [-0.25, -0.2) is 4.79 Å². The van der Waals surface area contributed by atoms with Gasteiger partial charge in [-0.3, -0.25) is 0 Å². The molecule has 1 spiro atoms. The van der Waals surface area contributed by atoms with Gasteiger partial charge in [-0.15, -0.1) is 0 Å². The molecule has 0 aromatic heterocycles. The number of hydrogen-bond donors (Lipinski definition) is 0. The molecule has 1 saturated carbocycles. The van der Waals surface area contributed by atoms with Crippen molar-refractivity contribution in [2.24, 2.45) is 0 Å². The van der Waals surface area contributed by atoms with Crippen LogP contribution < -0.4 is 0 Å². The van der Waals surface area contributed by atoms with Crippen molar-refractivity contribution in [3.8, 4) is 0 Å². The summed E-state index contributed by atoms with van der Waals surface area (Å²) in [5.41, 5.74) is -0.503. The van der Waals surface area contributed by atoms with Crippen LogP contribution in [0.2, 0.25) is 0 Å². The Bertz CT molecular complexity index is 358. The maximum atomic E-state index is 12.1. The Morgan fingerprint density at radius 3 is 2.50 bits per heavy atom. The molecule has 2 aliphatic heterocycles. The lowest BCUT2D eigenvalue weighted by Gasteiger charge is -2.43. The molecular formula is C13H20O5. The van der Waals surface area contributed by atoms with Gasteiger partial charge >= 0.3 is 5.97 Å². The van der Waals surface area contributed by atoms with Crippen LogP contribution in [0.15, 0.2) is 0 Å². The van der Waals surface area contributed by atoms with Crippen LogP contribution in [0.5, 0.6) is 0 Å². The smallest absolute Gasteiger partial charge is 0.338 e. The summed E-state index contributed by atoms with van der Waals surface area (Å²) in [5, 5.41) is 0. The lowest BCUT2D eigenvalue weighted by molar-refractivity contribution is -0.218. The third-order valence-electron chi connectivity index (χ3n) is 4.19. The van der Waals surface area contributed by atoms with E-state index in [1.807, 2.05) is 13.8 Å². The number of rotatable bonds is 1. The predicted molar refractivity (Wildman–Crippen MR) is 61.9 cm³/mol. The van der Waals surface area contributed by atoms with Crippen molar-refractivity contribution in [2.45, 2.75) is 69.2 Å². The van der Waals surface area contributed by atoms with Crippen molar-refractivity contribution in [3.63, 3.8) is 0 Å². The van der Waals surface area contributed by atoms with Crippen LogP contribution in [0.3, 0.4) is 0 Å². The molecule has 0 amide bonds. The number of carbonyl (C=O) groups is 1. The SMILES string of the molecule is COC1C2OC(C)(C)OC2C(=O)OC12CCCC2. The first-order valence-corrected chi connectivity index (χ1v) is 6.59. The van der Waals surface area contributed by atoms with Crippen molar-refractivity contribution >= 4 is 5.97 Å². The van der Waals surface area contributed by atoms with Crippen molar-refractivity contribution in [1.82, 2.24) is 0 Å². The van der Waals surface area contributed by atoms with Crippen LogP contribution in [0.1, 0.15) is 39.5 Å². The molecular weight excluding hydrogens is 236 g/mol. The summed E-state index contributed by atoms with van der Waals surface area (Å²) in [6.07, 6.45) is 2.59. The number of carbonyl (C=O) groups excluding carboxylic acids is 1. The highest BCUT2D eigenvalue weighted by Crippen LogP contribution is 2.46. The van der Waals surface area contributed by atoms with E-state index in [0.29, 0.717) is 0 Å². The van der Waals surface area contributed by atoms with Gasteiger partial charge in [0.05, 0.1) is 0 Å². The summed E-state index contributed by atoms with van der Waals surface area (Å²) < 4.78 is 22.8. The Morgan fingerprint density at radius 1 is 1.22 bits per heavy atom. The Morgan fingerprint density at radius 2 is 1.89 bits per heavy atom. The molecule has 5 heteroatoms. The van der Waals surface area contributed by atoms with Gasteiger partial charge < -0.3 is 18.9 Å². The fourth-order valence-electron chi connectivity index (χ4n) is 3.52. The molecule has 0 aromatic rings. The number of methoxy groups -OCH3 is 1. The maximum Gasteiger partial charge on any atom is 0.338 e. The van der Waals surface area contributed by atoms with E-state index < -0.39 is 17.5 Å². The lowest BCUT2D eigenvalue weighted by atomic mass is 9.85. The van der Waals surface area contributed by atoms with Crippen LogP contribution in [-0.2, 0) is 23.7 Å². The van der Waals surface area contributed by atoms with E-state index in [0.717, 1.165) is 25.7 Å². The van der Waals surface area contributed by atoms with E-state index in [9.17, 15) is 4.79 Å². The summed E-state index contributed by atoms with van der Waals surface area (Å²) in [6.45, 7) is 3.62. The Hall–Kier alpha value is -0.650. The summed E-state index contributed by atoms with van der Waals surface area (Å²) in [5.74, 6) is -1.06. The van der Waals surface area contributed by atoms with Crippen molar-refractivity contribution in [1.29, 1.82) is 0 Å². The number of fused-ring (bicyclic) bond motifs is 1. The number of esters is 1. The summed E-state index contributed by atoms with van der Waals surface area (Å²) >= 11 is 0. The summed E-state index contributed by atoms with van der Waals surface area (Å²) in [4.78, 5) is 12.1. The molecule has 2 saturated heterocycles. The van der Waals surface area contributed by atoms with Gasteiger partial charge in [0.15, 0.2) is 11.9 Å². The largest absolute Gasteiger partial charge is 0.454 e. The third kappa shape index (κ3) is 1.68. The lowest BCUT2D eigenvalue weighted by Crippen LogP contribution is -2.61. The second-order valence-corrected chi connectivity index (χ2v) is 5.87. The Labute approximate surface area is 107 Å². The zero-order valence-corrected chi connectivity index (χ0v) is 11.1. The molecule has 3 rings (SSSR count). The van der Waals surface area contributed by atoms with Gasteiger partial charge in [0.1, 0.15) is 17.8 Å². The second-order valence-electron chi connectivity index (χ2n) is 5.87. The Balaban J connectivity index is 1.93. The zero-order chi connectivity index (χ0) is 13.0. The van der Waals surface area contributed by atoms with Crippen LogP contribution >= 0.6 is 0 Å². The fourth-order valence-corrected chi connectivity index (χ4v) is 3.52. The summed E-state index contributed by atoms with van der Waals surface area (Å²) in [7, 11) is 1.65. The number of ether oxygens (including phenoxy) is 4. The highest BCUT2D eigenvalue weighted by Gasteiger charge is 2.62. The molecule has 3 unspecified atom stereocenters. The van der Waals surface area contributed by atoms with Gasteiger partial charge in [0.25, 0.3) is 0 Å². The van der Waals surface area contributed by atoms with Crippen molar-refractivity contribution < 1.29 is 23.7 Å². The average Bonchev–Trinajstić information content (AvgIpc) is 2.84. The molecule has 0 N–H and O–H groups in total. The molecule has 2 heterocycles. The molecule has 3 aliphatic rings. The van der Waals surface area contributed by atoms with E-state index in [2.05, 4.69) is 0 Å². The fraction of sp³-hybridized carbons (Fsp3) is 0.923. The molecule has 5 nitrogen and oxygen atoms in total. The summed E-state index contributed by atoms with van der Waals surface area (Å²) in [6, 6.07) is 0. The first kappa shape index (κ1) is 12.4. The molecule has 3 fully saturated rings. The van der Waals surface area contributed by atoms with Gasteiger partial charge in [-0.1, -0.05) is 0 Å². The van der Waals surface area contributed by atoms with Gasteiger partial charge in [-0.05, 0) is 39.5 Å². The topological polar surface area (TPSA) is 54.0 Å². The second kappa shape index (κ2) is 3.92. The molecule has 3 atom stereocenters. The molecule has 0 bridgehead atoms. The standard InChI is InChI=1S/C13H20O5/c1-12(2)16-8-9(17-12)11(14)18-13(10(8)15-3)6-4-5-7-13/h8-10H,4-7H2,1-3H3. The molecule has 0 aromatic carbocycles. The van der Waals surface area contributed by atoms with E-state index >= 15 is 0 Å². The molecule has 18 heavy (non-hydrogen) atoms. The van der Waals surface area contributed by atoms with Crippen molar-refractivity contribution in [2.75, 3.05) is 7.11 Å². The van der Waals surface area contributed by atoms with Crippen LogP contribution in [0, 0.1) is 0 Å². The predicted octanol–water partition coefficient (Wildman–Crippen LogP) is 1.39. The maximum absolute atomic E-state index is 12.1. The van der Waals surface area contributed by atoms with E-state index in [1.165, 1.54) is 0 Å². The minimum Gasteiger partial charge on any atom is -0.454 e. The normalized spacial score (nSPS) is 40.8. The first-order chi connectivity index (χ1) is 8.47. The minimum atomic E-state index is -0.755. The average molecular weight is 256 g/mol. The van der Waals surface area contributed by atoms with Gasteiger partial charge in [0, 0.05) is 7.11 Å². The van der Waals surface area contributed by atoms with Crippen LogP contribution in [0.4, 0.5) is 0 Å². The molecule has 0 radical (unpaired) electrons. The molecule has 102 valence electrons. The van der Waals surface area contributed by atoms with Gasteiger partial charge in [-0.2, -0.15) is 0 Å². The quantitative estimate of drug-likeness (QED) is 0.664. The third-order valence-corrected chi connectivity index (χ3v) is 4.19. The van der Waals surface area contributed by atoms with Gasteiger partial charge in [0.2, 0.25) is 0 Å². The monoisotopic (exact) mass is 256 g/mol. The minimum absolute atomic E-state index is 0.232.